The SMILES string of the molecule is CC[C@H]1C[C@H]2C[C@H]3c4[nH]c5cc(Br)c(O)cc5c4CCN(C2)C13. The van der Waals surface area contributed by atoms with Gasteiger partial charge in [-0.1, -0.05) is 13.3 Å². The third-order valence-corrected chi connectivity index (χ3v) is 7.22. The van der Waals surface area contributed by atoms with Crippen LogP contribution in [0.2, 0.25) is 0 Å². The highest BCUT2D eigenvalue weighted by Crippen LogP contribution is 2.51. The van der Waals surface area contributed by atoms with Crippen LogP contribution in [0.4, 0.5) is 0 Å². The summed E-state index contributed by atoms with van der Waals surface area (Å²) in [5.41, 5.74) is 4.09. The van der Waals surface area contributed by atoms with E-state index in [0.29, 0.717) is 11.7 Å². The summed E-state index contributed by atoms with van der Waals surface area (Å²) in [4.78, 5) is 6.51. The van der Waals surface area contributed by atoms with Gasteiger partial charge in [-0.3, -0.25) is 4.90 Å². The summed E-state index contributed by atoms with van der Waals surface area (Å²) >= 11 is 3.45. The lowest BCUT2D eigenvalue weighted by atomic mass is 9.65. The van der Waals surface area contributed by atoms with Crippen LogP contribution in [0.5, 0.6) is 5.75 Å². The molecule has 3 aliphatic heterocycles. The molecule has 4 bridgehead atoms. The smallest absolute Gasteiger partial charge is 0.130 e. The van der Waals surface area contributed by atoms with Crippen LogP contribution in [-0.2, 0) is 6.42 Å². The van der Waals surface area contributed by atoms with Gasteiger partial charge in [0.1, 0.15) is 5.75 Å². The number of rotatable bonds is 1. The highest BCUT2D eigenvalue weighted by atomic mass is 79.9. The molecule has 0 radical (unpaired) electrons. The highest BCUT2D eigenvalue weighted by molar-refractivity contribution is 9.10. The minimum absolute atomic E-state index is 0.347. The van der Waals surface area contributed by atoms with E-state index in [9.17, 15) is 5.11 Å². The Kier molecular flexibility index (Phi) is 3.12. The Morgan fingerprint density at radius 1 is 1.35 bits per heavy atom. The lowest BCUT2D eigenvalue weighted by Gasteiger charge is -2.53. The minimum atomic E-state index is 0.347. The van der Waals surface area contributed by atoms with Crippen molar-refractivity contribution in [3.8, 4) is 5.75 Å². The normalized spacial score (nSPS) is 35.3. The molecule has 1 aliphatic carbocycles. The summed E-state index contributed by atoms with van der Waals surface area (Å²) in [6, 6.07) is 4.70. The lowest BCUT2D eigenvalue weighted by Crippen LogP contribution is -2.56. The predicted octanol–water partition coefficient (Wildman–Crippen LogP) is 4.40. The van der Waals surface area contributed by atoms with Crippen LogP contribution in [0.3, 0.4) is 0 Å². The molecule has 122 valence electrons. The predicted molar refractivity (Wildman–Crippen MR) is 96.0 cm³/mol. The molecule has 3 fully saturated rings. The molecule has 2 unspecified atom stereocenters. The van der Waals surface area contributed by atoms with E-state index in [1.54, 1.807) is 0 Å². The lowest BCUT2D eigenvalue weighted by molar-refractivity contribution is -0.0134. The second kappa shape index (κ2) is 5.00. The Morgan fingerprint density at radius 2 is 2.22 bits per heavy atom. The Bertz CT molecular complexity index is 783. The fraction of sp³-hybridized carbons (Fsp3) is 0.579. The number of fused-ring (bicyclic) bond motifs is 4. The van der Waals surface area contributed by atoms with Crippen LogP contribution in [0.1, 0.15) is 43.4 Å². The fourth-order valence-corrected chi connectivity index (χ4v) is 6.05. The van der Waals surface area contributed by atoms with Crippen LogP contribution < -0.4 is 0 Å². The molecule has 6 rings (SSSR count). The second-order valence-electron chi connectivity index (χ2n) is 7.71. The number of aromatic nitrogens is 1. The average molecular weight is 375 g/mol. The summed E-state index contributed by atoms with van der Waals surface area (Å²) in [7, 11) is 0. The first-order valence-electron chi connectivity index (χ1n) is 8.92. The zero-order valence-electron chi connectivity index (χ0n) is 13.5. The minimum Gasteiger partial charge on any atom is -0.507 e. The van der Waals surface area contributed by atoms with Crippen molar-refractivity contribution in [1.82, 2.24) is 9.88 Å². The number of aromatic hydroxyl groups is 1. The van der Waals surface area contributed by atoms with Crippen LogP contribution in [0.25, 0.3) is 10.9 Å². The Balaban J connectivity index is 1.69. The van der Waals surface area contributed by atoms with Gasteiger partial charge in [0.05, 0.1) is 4.47 Å². The summed E-state index contributed by atoms with van der Waals surface area (Å²) in [5, 5.41) is 11.3. The van der Waals surface area contributed by atoms with Crippen molar-refractivity contribution in [2.75, 3.05) is 13.1 Å². The van der Waals surface area contributed by atoms with Gasteiger partial charge < -0.3 is 10.1 Å². The van der Waals surface area contributed by atoms with Crippen LogP contribution in [0, 0.1) is 11.8 Å². The molecular formula is C19H23BrN2O. The quantitative estimate of drug-likeness (QED) is 0.776. The number of nitrogens with zero attached hydrogens (tertiary/aromatic N) is 1. The maximum Gasteiger partial charge on any atom is 0.130 e. The van der Waals surface area contributed by atoms with Gasteiger partial charge in [-0.15, -0.1) is 0 Å². The number of benzene rings is 1. The van der Waals surface area contributed by atoms with E-state index in [1.165, 1.54) is 54.5 Å². The van der Waals surface area contributed by atoms with Crippen molar-refractivity contribution in [2.45, 2.75) is 44.6 Å². The Labute approximate surface area is 145 Å². The van der Waals surface area contributed by atoms with Gasteiger partial charge in [0, 0.05) is 41.6 Å². The van der Waals surface area contributed by atoms with E-state index >= 15 is 0 Å². The molecule has 1 saturated carbocycles. The van der Waals surface area contributed by atoms with Crippen molar-refractivity contribution in [3.05, 3.63) is 27.9 Å². The number of aromatic amines is 1. The summed E-state index contributed by atoms with van der Waals surface area (Å²) in [6.07, 6.45) is 5.17. The number of hydrogen-bond donors (Lipinski definition) is 2. The molecule has 4 heteroatoms. The largest absolute Gasteiger partial charge is 0.507 e. The van der Waals surface area contributed by atoms with Gasteiger partial charge in [0.2, 0.25) is 0 Å². The zero-order valence-corrected chi connectivity index (χ0v) is 15.1. The molecule has 0 amide bonds. The van der Waals surface area contributed by atoms with E-state index in [-0.39, 0.29) is 0 Å². The van der Waals surface area contributed by atoms with E-state index in [4.69, 9.17) is 0 Å². The van der Waals surface area contributed by atoms with E-state index in [1.807, 2.05) is 12.1 Å². The Hall–Kier alpha value is -1.00. The molecule has 4 aliphatic rings. The van der Waals surface area contributed by atoms with Crippen molar-refractivity contribution in [3.63, 3.8) is 0 Å². The Morgan fingerprint density at radius 3 is 3.04 bits per heavy atom. The van der Waals surface area contributed by atoms with E-state index in [0.717, 1.165) is 28.8 Å². The third-order valence-electron chi connectivity index (χ3n) is 6.58. The number of halogens is 1. The van der Waals surface area contributed by atoms with Gasteiger partial charge in [-0.05, 0) is 64.7 Å². The molecule has 2 saturated heterocycles. The highest BCUT2D eigenvalue weighted by Gasteiger charge is 2.48. The molecule has 2 aromatic rings. The van der Waals surface area contributed by atoms with Gasteiger partial charge in [0.15, 0.2) is 0 Å². The summed E-state index contributed by atoms with van der Waals surface area (Å²) in [6.45, 7) is 4.83. The number of nitrogens with one attached hydrogen (secondary N) is 1. The molecule has 3 nitrogen and oxygen atoms in total. The van der Waals surface area contributed by atoms with E-state index < -0.39 is 0 Å². The molecule has 2 N–H and O–H groups in total. The van der Waals surface area contributed by atoms with Gasteiger partial charge in [-0.2, -0.15) is 0 Å². The van der Waals surface area contributed by atoms with Crippen molar-refractivity contribution < 1.29 is 5.11 Å². The first-order valence-corrected chi connectivity index (χ1v) is 9.72. The summed E-state index contributed by atoms with van der Waals surface area (Å²) in [5.74, 6) is 2.72. The average Bonchev–Trinajstić information content (AvgIpc) is 2.85. The first kappa shape index (κ1) is 14.4. The third kappa shape index (κ3) is 1.97. The van der Waals surface area contributed by atoms with E-state index in [2.05, 4.69) is 32.7 Å². The van der Waals surface area contributed by atoms with Crippen LogP contribution in [0.15, 0.2) is 16.6 Å². The monoisotopic (exact) mass is 374 g/mol. The molecule has 1 aromatic carbocycles. The van der Waals surface area contributed by atoms with Gasteiger partial charge in [0.25, 0.3) is 0 Å². The van der Waals surface area contributed by atoms with Crippen LogP contribution in [-0.4, -0.2) is 34.1 Å². The van der Waals surface area contributed by atoms with Crippen molar-refractivity contribution in [1.29, 1.82) is 0 Å². The molecule has 5 atom stereocenters. The second-order valence-corrected chi connectivity index (χ2v) is 8.57. The number of phenolic OH excluding ortho intramolecular Hbond substituents is 1. The summed E-state index contributed by atoms with van der Waals surface area (Å²) < 4.78 is 0.777. The number of hydrogen-bond acceptors (Lipinski definition) is 2. The molecule has 1 aromatic heterocycles. The molecule has 23 heavy (non-hydrogen) atoms. The fourth-order valence-electron chi connectivity index (χ4n) is 5.70. The molecule has 0 spiro atoms. The van der Waals surface area contributed by atoms with Gasteiger partial charge in [-0.25, -0.2) is 0 Å². The van der Waals surface area contributed by atoms with Crippen molar-refractivity contribution in [2.24, 2.45) is 11.8 Å². The molecular weight excluding hydrogens is 352 g/mol. The van der Waals surface area contributed by atoms with Crippen molar-refractivity contribution >= 4 is 26.8 Å². The zero-order chi connectivity index (χ0) is 15.7. The molecule has 4 heterocycles. The number of piperidine rings is 2. The topological polar surface area (TPSA) is 39.3 Å². The first-order chi connectivity index (χ1) is 11.2. The van der Waals surface area contributed by atoms with Gasteiger partial charge >= 0.3 is 0 Å². The van der Waals surface area contributed by atoms with Crippen LogP contribution >= 0.6 is 15.9 Å². The number of phenols is 1. The maximum absolute atomic E-state index is 10.1. The number of H-pyrrole nitrogens is 1. The maximum atomic E-state index is 10.1. The standard InChI is InChI=1S/C19H23BrN2O/c1-2-11-5-10-6-14-18-12(3-4-22(9-10)19(11)14)13-7-17(23)15(20)8-16(13)21-18/h7-8,10-11,14,19,21,23H,2-6,9H2,1H3/t10-,11-,14-,19?/m0/s1.